The summed E-state index contributed by atoms with van der Waals surface area (Å²) in [6.07, 6.45) is 8.91. The van der Waals surface area contributed by atoms with Crippen LogP contribution < -0.4 is 4.74 Å². The van der Waals surface area contributed by atoms with Crippen LogP contribution in [0.5, 0.6) is 5.75 Å². The summed E-state index contributed by atoms with van der Waals surface area (Å²) in [6.45, 7) is 3.50. The Morgan fingerprint density at radius 2 is 1.76 bits per heavy atom. The van der Waals surface area contributed by atoms with Gasteiger partial charge in [0.15, 0.2) is 0 Å². The van der Waals surface area contributed by atoms with Gasteiger partial charge in [-0.1, -0.05) is 24.3 Å². The minimum atomic E-state index is -0.772. The number of ether oxygens (including phenoxy) is 2. The Kier molecular flexibility index (Phi) is 6.82. The highest BCUT2D eigenvalue weighted by atomic mass is 16.6. The molecule has 0 bridgehead atoms. The summed E-state index contributed by atoms with van der Waals surface area (Å²) >= 11 is 0. The first-order chi connectivity index (χ1) is 17.9. The van der Waals surface area contributed by atoms with Crippen molar-refractivity contribution in [3.8, 4) is 5.75 Å². The molecule has 5 rings (SSSR count). The first-order valence-corrected chi connectivity index (χ1v) is 12.7. The molecule has 3 aromatic rings. The van der Waals surface area contributed by atoms with Crippen molar-refractivity contribution >= 4 is 12.0 Å². The fourth-order valence-corrected chi connectivity index (χ4v) is 5.66. The van der Waals surface area contributed by atoms with Gasteiger partial charge >= 0.3 is 6.09 Å². The largest absolute Gasteiger partial charge is 0.497 e. The summed E-state index contributed by atoms with van der Waals surface area (Å²) in [7, 11) is 1.63. The van der Waals surface area contributed by atoms with Gasteiger partial charge < -0.3 is 14.4 Å². The molecular formula is C29H32N4O4. The maximum Gasteiger partial charge on any atom is 0.411 e. The summed E-state index contributed by atoms with van der Waals surface area (Å²) in [5.41, 5.74) is 1.39. The Labute approximate surface area is 217 Å². The molecule has 192 valence electrons. The standard InChI is InChI=1S/C29H32N4O4/c1-28(24-8-5-15-31-20-24)29(37-27(35)33(28)21-23-6-3-9-25(18-23)36-2)12-16-32(17-13-29)26(34)11-10-22-7-4-14-30-19-22/h3-9,14-15,18-20H,10-13,16-17,21H2,1-2H3. The maximum absolute atomic E-state index is 13.4. The van der Waals surface area contributed by atoms with E-state index in [4.69, 9.17) is 9.47 Å². The molecule has 2 fully saturated rings. The minimum Gasteiger partial charge on any atom is -0.497 e. The Bertz CT molecular complexity index is 1250. The van der Waals surface area contributed by atoms with Crippen LogP contribution in [-0.4, -0.2) is 57.6 Å². The molecule has 2 aromatic heterocycles. The van der Waals surface area contributed by atoms with Gasteiger partial charge in [0.1, 0.15) is 16.9 Å². The predicted molar refractivity (Wildman–Crippen MR) is 138 cm³/mol. The number of aryl methyl sites for hydroxylation is 1. The average molecular weight is 501 g/mol. The fraction of sp³-hybridized carbons (Fsp3) is 0.379. The number of pyridine rings is 2. The van der Waals surface area contributed by atoms with E-state index in [1.54, 1.807) is 30.6 Å². The normalized spacial score (nSPS) is 20.6. The van der Waals surface area contributed by atoms with Crippen molar-refractivity contribution in [1.29, 1.82) is 0 Å². The quantitative estimate of drug-likeness (QED) is 0.480. The lowest BCUT2D eigenvalue weighted by molar-refractivity contribution is -0.137. The van der Waals surface area contributed by atoms with Gasteiger partial charge in [0, 0.05) is 57.1 Å². The summed E-state index contributed by atoms with van der Waals surface area (Å²) in [4.78, 5) is 38.6. The number of methoxy groups -OCH3 is 1. The number of hydrogen-bond acceptors (Lipinski definition) is 6. The molecule has 1 spiro atoms. The smallest absolute Gasteiger partial charge is 0.411 e. The molecule has 37 heavy (non-hydrogen) atoms. The fourth-order valence-electron chi connectivity index (χ4n) is 5.66. The highest BCUT2D eigenvalue weighted by Gasteiger charge is 2.64. The molecule has 8 heteroatoms. The van der Waals surface area contributed by atoms with Gasteiger partial charge in [-0.25, -0.2) is 4.79 Å². The number of nitrogens with zero attached hydrogens (tertiary/aromatic N) is 4. The Morgan fingerprint density at radius 3 is 2.43 bits per heavy atom. The first kappa shape index (κ1) is 24.7. The topological polar surface area (TPSA) is 84.9 Å². The molecule has 2 amide bonds. The summed E-state index contributed by atoms with van der Waals surface area (Å²) < 4.78 is 11.6. The second-order valence-corrected chi connectivity index (χ2v) is 9.86. The van der Waals surface area contributed by atoms with Crippen molar-refractivity contribution in [2.75, 3.05) is 20.2 Å². The second kappa shape index (κ2) is 10.2. The minimum absolute atomic E-state index is 0.111. The van der Waals surface area contributed by atoms with Gasteiger partial charge in [0.05, 0.1) is 13.7 Å². The predicted octanol–water partition coefficient (Wildman–Crippen LogP) is 4.35. The van der Waals surface area contributed by atoms with Gasteiger partial charge in [0.25, 0.3) is 0 Å². The Morgan fingerprint density at radius 1 is 1.03 bits per heavy atom. The molecule has 4 heterocycles. The van der Waals surface area contributed by atoms with Crippen LogP contribution in [0.2, 0.25) is 0 Å². The van der Waals surface area contributed by atoms with E-state index in [0.717, 1.165) is 22.4 Å². The third kappa shape index (κ3) is 4.63. The summed E-state index contributed by atoms with van der Waals surface area (Å²) in [6, 6.07) is 15.5. The van der Waals surface area contributed by atoms with Gasteiger partial charge in [-0.3, -0.25) is 19.7 Å². The van der Waals surface area contributed by atoms with Crippen LogP contribution in [0.4, 0.5) is 4.79 Å². The van der Waals surface area contributed by atoms with Crippen LogP contribution in [0, 0.1) is 0 Å². The van der Waals surface area contributed by atoms with E-state index in [0.29, 0.717) is 45.3 Å². The van der Waals surface area contributed by atoms with Crippen molar-refractivity contribution in [2.45, 2.75) is 50.3 Å². The van der Waals surface area contributed by atoms with Crippen molar-refractivity contribution in [3.63, 3.8) is 0 Å². The van der Waals surface area contributed by atoms with E-state index in [1.807, 2.05) is 59.6 Å². The van der Waals surface area contributed by atoms with Crippen molar-refractivity contribution < 1.29 is 19.1 Å². The van der Waals surface area contributed by atoms with Crippen molar-refractivity contribution in [1.82, 2.24) is 19.8 Å². The molecule has 0 saturated carbocycles. The van der Waals surface area contributed by atoms with Gasteiger partial charge in [-0.15, -0.1) is 0 Å². The van der Waals surface area contributed by atoms with E-state index in [1.165, 1.54) is 0 Å². The number of hydrogen-bond donors (Lipinski definition) is 0. The molecule has 8 nitrogen and oxygen atoms in total. The van der Waals surface area contributed by atoms with Crippen molar-refractivity contribution in [3.05, 3.63) is 90.0 Å². The molecule has 0 N–H and O–H groups in total. The molecule has 1 unspecified atom stereocenters. The van der Waals surface area contributed by atoms with Crippen LogP contribution in [0.15, 0.2) is 73.3 Å². The molecule has 0 radical (unpaired) electrons. The number of likely N-dealkylation sites (tertiary alicyclic amines) is 1. The van der Waals surface area contributed by atoms with Crippen molar-refractivity contribution in [2.24, 2.45) is 0 Å². The molecule has 1 aromatic carbocycles. The van der Waals surface area contributed by atoms with Crippen LogP contribution in [0.3, 0.4) is 0 Å². The van der Waals surface area contributed by atoms with Crippen LogP contribution in [-0.2, 0) is 28.0 Å². The number of piperidine rings is 1. The van der Waals surface area contributed by atoms with E-state index in [2.05, 4.69) is 16.9 Å². The van der Waals surface area contributed by atoms with E-state index < -0.39 is 11.1 Å². The van der Waals surface area contributed by atoms with E-state index in [9.17, 15) is 9.59 Å². The zero-order valence-corrected chi connectivity index (χ0v) is 21.3. The van der Waals surface area contributed by atoms with Crippen LogP contribution >= 0.6 is 0 Å². The van der Waals surface area contributed by atoms with Crippen LogP contribution in [0.1, 0.15) is 42.9 Å². The number of carbonyl (C=O) groups is 2. The molecule has 2 aliphatic rings. The average Bonchev–Trinajstić information content (AvgIpc) is 3.15. The third-order valence-electron chi connectivity index (χ3n) is 7.90. The monoisotopic (exact) mass is 500 g/mol. The molecule has 1 atom stereocenters. The number of carbonyl (C=O) groups excluding carboxylic acids is 2. The van der Waals surface area contributed by atoms with Gasteiger partial charge in [0.2, 0.25) is 5.91 Å². The Balaban J connectivity index is 1.37. The first-order valence-electron chi connectivity index (χ1n) is 12.7. The number of aromatic nitrogens is 2. The summed E-state index contributed by atoms with van der Waals surface area (Å²) in [5.74, 6) is 0.848. The third-order valence-corrected chi connectivity index (χ3v) is 7.90. The lowest BCUT2D eigenvalue weighted by Crippen LogP contribution is -2.58. The van der Waals surface area contributed by atoms with Crippen LogP contribution in [0.25, 0.3) is 0 Å². The molecular weight excluding hydrogens is 468 g/mol. The zero-order chi connectivity index (χ0) is 25.9. The second-order valence-electron chi connectivity index (χ2n) is 9.86. The molecule has 2 aliphatic heterocycles. The highest BCUT2D eigenvalue weighted by molar-refractivity contribution is 5.77. The number of rotatable bonds is 7. The van der Waals surface area contributed by atoms with Gasteiger partial charge in [-0.05, 0) is 54.3 Å². The lowest BCUT2D eigenvalue weighted by Gasteiger charge is -2.48. The van der Waals surface area contributed by atoms with E-state index >= 15 is 0 Å². The molecule has 2 saturated heterocycles. The van der Waals surface area contributed by atoms with E-state index in [-0.39, 0.29) is 12.0 Å². The highest BCUT2D eigenvalue weighted by Crippen LogP contribution is 2.52. The van der Waals surface area contributed by atoms with Gasteiger partial charge in [-0.2, -0.15) is 0 Å². The maximum atomic E-state index is 13.4. The Hall–Kier alpha value is -3.94. The zero-order valence-electron chi connectivity index (χ0n) is 21.3. The number of amides is 2. The number of benzene rings is 1. The SMILES string of the molecule is COc1cccc(CN2C(=O)OC3(CCN(C(=O)CCc4cccnc4)CC3)C2(C)c2cccnc2)c1. The lowest BCUT2D eigenvalue weighted by atomic mass is 9.70. The molecule has 0 aliphatic carbocycles. The summed E-state index contributed by atoms with van der Waals surface area (Å²) in [5, 5.41) is 0.